The van der Waals surface area contributed by atoms with Gasteiger partial charge in [-0.2, -0.15) is 0 Å². The minimum Gasteiger partial charge on any atom is -0.481 e. The lowest BCUT2D eigenvalue weighted by Crippen LogP contribution is -2.34. The van der Waals surface area contributed by atoms with Gasteiger partial charge in [0.25, 0.3) is 0 Å². The fourth-order valence-corrected chi connectivity index (χ4v) is 1.96. The van der Waals surface area contributed by atoms with Gasteiger partial charge in [-0.25, -0.2) is 4.98 Å². The third-order valence-electron chi connectivity index (χ3n) is 2.94. The van der Waals surface area contributed by atoms with Crippen molar-refractivity contribution in [3.63, 3.8) is 0 Å². The Bertz CT molecular complexity index is 593. The quantitative estimate of drug-likeness (QED) is 0.870. The number of carbonyl (C=O) groups is 1. The van der Waals surface area contributed by atoms with Gasteiger partial charge >= 0.3 is 5.97 Å². The van der Waals surface area contributed by atoms with Gasteiger partial charge in [0.15, 0.2) is 5.82 Å². The number of aliphatic carboxylic acids is 1. The standard InChI is InChI=1S/C12H17N5O2/c1-8(2)16(6-4-10(18)19)11-12-15-14-9(3)17(12)7-5-13-11/h5,7-8H,4,6H2,1-3H3,(H,18,19). The summed E-state index contributed by atoms with van der Waals surface area (Å²) in [6.45, 7) is 6.25. The molecule has 0 radical (unpaired) electrons. The highest BCUT2D eigenvalue weighted by Gasteiger charge is 2.18. The normalized spacial score (nSPS) is 11.2. The number of hydrogen-bond acceptors (Lipinski definition) is 5. The Hall–Kier alpha value is -2.18. The molecule has 0 aliphatic rings. The van der Waals surface area contributed by atoms with E-state index < -0.39 is 5.97 Å². The molecule has 2 heterocycles. The van der Waals surface area contributed by atoms with Crippen LogP contribution in [0.4, 0.5) is 5.82 Å². The van der Waals surface area contributed by atoms with Crippen LogP contribution in [0.5, 0.6) is 0 Å². The molecule has 1 N–H and O–H groups in total. The molecule has 0 aromatic carbocycles. The molecule has 19 heavy (non-hydrogen) atoms. The molecular formula is C12H17N5O2. The zero-order chi connectivity index (χ0) is 14.0. The van der Waals surface area contributed by atoms with Gasteiger partial charge in [-0.15, -0.1) is 10.2 Å². The Kier molecular flexibility index (Phi) is 3.64. The Balaban J connectivity index is 2.41. The van der Waals surface area contributed by atoms with Crippen LogP contribution in [0.25, 0.3) is 5.65 Å². The molecule has 0 saturated carbocycles. The third kappa shape index (κ3) is 2.64. The fraction of sp³-hybridized carbons (Fsp3) is 0.500. The second-order valence-corrected chi connectivity index (χ2v) is 4.62. The van der Waals surface area contributed by atoms with Crippen molar-refractivity contribution in [2.24, 2.45) is 0 Å². The predicted octanol–water partition coefficient (Wildman–Crippen LogP) is 1.12. The molecule has 2 aromatic heterocycles. The van der Waals surface area contributed by atoms with Crippen molar-refractivity contribution >= 4 is 17.4 Å². The van der Waals surface area contributed by atoms with Gasteiger partial charge in [0.2, 0.25) is 5.65 Å². The van der Waals surface area contributed by atoms with E-state index in [1.807, 2.05) is 30.1 Å². The van der Waals surface area contributed by atoms with Crippen molar-refractivity contribution in [2.45, 2.75) is 33.2 Å². The maximum Gasteiger partial charge on any atom is 0.305 e. The number of fused-ring (bicyclic) bond motifs is 1. The van der Waals surface area contributed by atoms with Crippen LogP contribution in [0.1, 0.15) is 26.1 Å². The van der Waals surface area contributed by atoms with Gasteiger partial charge in [-0.1, -0.05) is 0 Å². The highest BCUT2D eigenvalue weighted by Crippen LogP contribution is 2.19. The van der Waals surface area contributed by atoms with Crippen LogP contribution in [0.2, 0.25) is 0 Å². The SMILES string of the molecule is Cc1nnc2c(N(CCC(=O)O)C(C)C)nccn12. The lowest BCUT2D eigenvalue weighted by Gasteiger charge is -2.27. The third-order valence-corrected chi connectivity index (χ3v) is 2.94. The molecule has 0 unspecified atom stereocenters. The van der Waals surface area contributed by atoms with Crippen LogP contribution in [0.3, 0.4) is 0 Å². The summed E-state index contributed by atoms with van der Waals surface area (Å²) in [5.74, 6) is 0.621. The summed E-state index contributed by atoms with van der Waals surface area (Å²) in [4.78, 5) is 17.0. The number of rotatable bonds is 5. The summed E-state index contributed by atoms with van der Waals surface area (Å²) in [6.07, 6.45) is 3.53. The zero-order valence-corrected chi connectivity index (χ0v) is 11.2. The van der Waals surface area contributed by atoms with E-state index in [4.69, 9.17) is 5.11 Å². The van der Waals surface area contributed by atoms with Gasteiger partial charge < -0.3 is 10.0 Å². The van der Waals surface area contributed by atoms with Crippen LogP contribution < -0.4 is 4.90 Å². The van der Waals surface area contributed by atoms with Crippen molar-refractivity contribution in [1.82, 2.24) is 19.6 Å². The van der Waals surface area contributed by atoms with Crippen molar-refractivity contribution in [3.8, 4) is 0 Å². The Morgan fingerprint density at radius 2 is 2.21 bits per heavy atom. The van der Waals surface area contributed by atoms with E-state index >= 15 is 0 Å². The Morgan fingerprint density at radius 3 is 2.84 bits per heavy atom. The first-order valence-corrected chi connectivity index (χ1v) is 6.15. The van der Waals surface area contributed by atoms with Crippen molar-refractivity contribution < 1.29 is 9.90 Å². The molecule has 102 valence electrons. The molecule has 7 heteroatoms. The average Bonchev–Trinajstić information content (AvgIpc) is 2.72. The van der Waals surface area contributed by atoms with E-state index in [1.165, 1.54) is 0 Å². The molecule has 0 fully saturated rings. The highest BCUT2D eigenvalue weighted by atomic mass is 16.4. The first-order chi connectivity index (χ1) is 9.00. The summed E-state index contributed by atoms with van der Waals surface area (Å²) in [5, 5.41) is 17.0. The molecular weight excluding hydrogens is 246 g/mol. The predicted molar refractivity (Wildman–Crippen MR) is 70.3 cm³/mol. The highest BCUT2D eigenvalue weighted by molar-refractivity contribution is 5.69. The minimum atomic E-state index is -0.824. The molecule has 0 spiro atoms. The molecule has 0 aliphatic heterocycles. The second-order valence-electron chi connectivity index (χ2n) is 4.62. The Labute approximate surface area is 110 Å². The molecule has 0 bridgehead atoms. The van der Waals surface area contributed by atoms with Crippen molar-refractivity contribution in [3.05, 3.63) is 18.2 Å². The molecule has 7 nitrogen and oxygen atoms in total. The molecule has 0 atom stereocenters. The molecule has 2 rings (SSSR count). The summed E-state index contributed by atoms with van der Waals surface area (Å²) < 4.78 is 1.85. The van der Waals surface area contributed by atoms with Crippen LogP contribution in [-0.2, 0) is 4.79 Å². The molecule has 0 saturated heterocycles. The van der Waals surface area contributed by atoms with E-state index in [0.29, 0.717) is 18.0 Å². The zero-order valence-electron chi connectivity index (χ0n) is 11.2. The first kappa shape index (κ1) is 13.3. The average molecular weight is 263 g/mol. The van der Waals surface area contributed by atoms with E-state index in [0.717, 1.165) is 5.82 Å². The number of carboxylic acid groups (broad SMARTS) is 1. The van der Waals surface area contributed by atoms with E-state index in [1.54, 1.807) is 12.4 Å². The van der Waals surface area contributed by atoms with Crippen LogP contribution in [0, 0.1) is 6.92 Å². The Morgan fingerprint density at radius 1 is 1.47 bits per heavy atom. The second kappa shape index (κ2) is 5.21. The fourth-order valence-electron chi connectivity index (χ4n) is 1.96. The van der Waals surface area contributed by atoms with Gasteiger partial charge in [-0.05, 0) is 20.8 Å². The van der Waals surface area contributed by atoms with Gasteiger partial charge in [0, 0.05) is 25.0 Å². The largest absolute Gasteiger partial charge is 0.481 e. The lowest BCUT2D eigenvalue weighted by atomic mass is 10.3. The first-order valence-electron chi connectivity index (χ1n) is 6.15. The number of aryl methyl sites for hydroxylation is 1. The minimum absolute atomic E-state index is 0.0635. The summed E-state index contributed by atoms with van der Waals surface area (Å²) in [5.41, 5.74) is 0.652. The van der Waals surface area contributed by atoms with Gasteiger partial charge in [0.1, 0.15) is 5.82 Å². The maximum atomic E-state index is 10.7. The van der Waals surface area contributed by atoms with Gasteiger partial charge in [0.05, 0.1) is 6.42 Å². The maximum absolute atomic E-state index is 10.7. The number of hydrogen-bond donors (Lipinski definition) is 1. The van der Waals surface area contributed by atoms with Crippen LogP contribution in [-0.4, -0.2) is 43.2 Å². The summed E-state index contributed by atoms with van der Waals surface area (Å²) in [6, 6.07) is 0.134. The lowest BCUT2D eigenvalue weighted by molar-refractivity contribution is -0.136. The molecule has 0 amide bonds. The van der Waals surface area contributed by atoms with Crippen LogP contribution in [0.15, 0.2) is 12.4 Å². The summed E-state index contributed by atoms with van der Waals surface area (Å²) in [7, 11) is 0. The molecule has 0 aliphatic carbocycles. The topological polar surface area (TPSA) is 83.6 Å². The number of nitrogens with zero attached hydrogens (tertiary/aromatic N) is 5. The smallest absolute Gasteiger partial charge is 0.305 e. The summed E-state index contributed by atoms with van der Waals surface area (Å²) >= 11 is 0. The number of carboxylic acids is 1. The van der Waals surface area contributed by atoms with Crippen LogP contribution >= 0.6 is 0 Å². The number of anilines is 1. The monoisotopic (exact) mass is 263 g/mol. The number of aromatic nitrogens is 4. The van der Waals surface area contributed by atoms with Crippen molar-refractivity contribution in [2.75, 3.05) is 11.4 Å². The molecule has 2 aromatic rings. The van der Waals surface area contributed by atoms with Crippen molar-refractivity contribution in [1.29, 1.82) is 0 Å². The van der Waals surface area contributed by atoms with E-state index in [-0.39, 0.29) is 12.5 Å². The van der Waals surface area contributed by atoms with Gasteiger partial charge in [-0.3, -0.25) is 9.20 Å². The van der Waals surface area contributed by atoms with E-state index in [2.05, 4.69) is 15.2 Å². The van der Waals surface area contributed by atoms with E-state index in [9.17, 15) is 4.79 Å².